The highest BCUT2D eigenvalue weighted by molar-refractivity contribution is 7.89. The number of pyridine rings is 1. The molecule has 13 heteroatoms. The maximum atomic E-state index is 15.1. The Morgan fingerprint density at radius 3 is 2.40 bits per heavy atom. The Labute approximate surface area is 168 Å². The van der Waals surface area contributed by atoms with Gasteiger partial charge in [0.2, 0.25) is 10.0 Å². The number of rotatable bonds is 7. The van der Waals surface area contributed by atoms with Crippen molar-refractivity contribution in [1.29, 1.82) is 0 Å². The van der Waals surface area contributed by atoms with Crippen LogP contribution >= 0.6 is 0 Å². The maximum absolute atomic E-state index is 15.1. The van der Waals surface area contributed by atoms with E-state index in [1.165, 1.54) is 12.1 Å². The zero-order valence-electron chi connectivity index (χ0n) is 15.2. The molecule has 2 atom stereocenters. The molecular weight excluding hydrogens is 437 g/mol. The number of carbonyl (C=O) groups excluding carboxylic acids is 1. The number of carbonyl (C=O) groups is 1. The monoisotopic (exact) mass is 453 g/mol. The number of halogens is 5. The van der Waals surface area contributed by atoms with E-state index < -0.39 is 68.5 Å². The van der Waals surface area contributed by atoms with Crippen LogP contribution in [0.1, 0.15) is 27.8 Å². The average molecular weight is 453 g/mol. The van der Waals surface area contributed by atoms with Gasteiger partial charge in [-0.25, -0.2) is 26.9 Å². The molecule has 0 saturated carbocycles. The maximum Gasteiger partial charge on any atom is 0.416 e. The molecule has 2 aromatic rings. The summed E-state index contributed by atoms with van der Waals surface area (Å²) in [5, 5.41) is 10.7. The second kappa shape index (κ2) is 9.02. The van der Waals surface area contributed by atoms with E-state index in [1.807, 2.05) is 4.72 Å². The van der Waals surface area contributed by atoms with Gasteiger partial charge in [0, 0.05) is 17.3 Å². The van der Waals surface area contributed by atoms with E-state index in [9.17, 15) is 30.8 Å². The minimum Gasteiger partial charge on any atom is -0.382 e. The van der Waals surface area contributed by atoms with E-state index in [1.54, 1.807) is 5.32 Å². The van der Waals surface area contributed by atoms with E-state index in [0.29, 0.717) is 0 Å². The summed E-state index contributed by atoms with van der Waals surface area (Å²) in [5.41, 5.74) is -2.09. The Kier molecular flexibility index (Phi) is 7.10. The largest absolute Gasteiger partial charge is 0.416 e. The fourth-order valence-corrected chi connectivity index (χ4v) is 3.53. The topological polar surface area (TPSA) is 108 Å². The van der Waals surface area contributed by atoms with Crippen LogP contribution in [0.15, 0.2) is 41.4 Å². The van der Waals surface area contributed by atoms with Crippen molar-refractivity contribution in [1.82, 2.24) is 15.0 Å². The first-order valence-electron chi connectivity index (χ1n) is 8.24. The van der Waals surface area contributed by atoms with Crippen molar-refractivity contribution in [2.24, 2.45) is 0 Å². The SMILES string of the molecule is CNS(=O)(=O)c1c(C(F)c2ccccc2F)ccnc1C(=O)NCC(O)C(F)(F)F. The van der Waals surface area contributed by atoms with Gasteiger partial charge in [-0.3, -0.25) is 4.79 Å². The van der Waals surface area contributed by atoms with Crippen LogP contribution in [0.4, 0.5) is 22.0 Å². The Morgan fingerprint density at radius 2 is 1.83 bits per heavy atom. The standard InChI is InChI=1S/C17H16F5N3O4S/c1-23-30(28,29)15-10(13(19)9-4-2-3-5-11(9)18)6-7-24-14(15)16(27)25-8-12(26)17(20,21)22/h2-7,12-13,23,26H,8H2,1H3,(H,25,27). The average Bonchev–Trinajstić information content (AvgIpc) is 2.70. The lowest BCUT2D eigenvalue weighted by Gasteiger charge is -2.18. The van der Waals surface area contributed by atoms with Crippen molar-refractivity contribution >= 4 is 15.9 Å². The molecule has 7 nitrogen and oxygen atoms in total. The predicted octanol–water partition coefficient (Wildman–Crippen LogP) is 1.84. The number of benzene rings is 1. The van der Waals surface area contributed by atoms with Gasteiger partial charge >= 0.3 is 6.18 Å². The van der Waals surface area contributed by atoms with Crippen molar-refractivity contribution in [3.8, 4) is 0 Å². The second-order valence-corrected chi connectivity index (χ2v) is 7.76. The van der Waals surface area contributed by atoms with Crippen LogP contribution in [0.3, 0.4) is 0 Å². The first-order chi connectivity index (χ1) is 13.9. The summed E-state index contributed by atoms with van der Waals surface area (Å²) in [6.45, 7) is -1.29. The van der Waals surface area contributed by atoms with Crippen LogP contribution in [0.2, 0.25) is 0 Å². The van der Waals surface area contributed by atoms with Crippen LogP contribution in [-0.4, -0.2) is 50.3 Å². The third-order valence-electron chi connectivity index (χ3n) is 3.97. The fraction of sp³-hybridized carbons (Fsp3) is 0.294. The molecule has 1 amide bonds. The van der Waals surface area contributed by atoms with Crippen LogP contribution in [0, 0.1) is 5.82 Å². The minimum absolute atomic E-state index is 0.518. The van der Waals surface area contributed by atoms with E-state index in [-0.39, 0.29) is 0 Å². The third-order valence-corrected chi connectivity index (χ3v) is 5.48. The summed E-state index contributed by atoms with van der Waals surface area (Å²) < 4.78 is 93.1. The summed E-state index contributed by atoms with van der Waals surface area (Å²) in [7, 11) is -3.60. The lowest BCUT2D eigenvalue weighted by atomic mass is 10.0. The van der Waals surface area contributed by atoms with Gasteiger partial charge in [0.1, 0.15) is 16.4 Å². The number of nitrogens with zero attached hydrogens (tertiary/aromatic N) is 1. The predicted molar refractivity (Wildman–Crippen MR) is 94.2 cm³/mol. The van der Waals surface area contributed by atoms with E-state index in [0.717, 1.165) is 31.4 Å². The van der Waals surface area contributed by atoms with Gasteiger partial charge < -0.3 is 10.4 Å². The summed E-state index contributed by atoms with van der Waals surface area (Å²) >= 11 is 0. The van der Waals surface area contributed by atoms with Crippen molar-refractivity contribution < 1.29 is 40.3 Å². The molecule has 164 valence electrons. The van der Waals surface area contributed by atoms with Gasteiger partial charge in [-0.1, -0.05) is 18.2 Å². The Hall–Kier alpha value is -2.64. The number of aliphatic hydroxyl groups is 1. The van der Waals surface area contributed by atoms with Gasteiger partial charge in [0.05, 0.1) is 6.54 Å². The number of amides is 1. The molecular formula is C17H16F5N3O4S. The molecule has 0 aliphatic carbocycles. The summed E-state index contributed by atoms with van der Waals surface area (Å²) in [5.74, 6) is -2.39. The molecule has 1 aromatic carbocycles. The van der Waals surface area contributed by atoms with Gasteiger partial charge in [0.25, 0.3) is 5.91 Å². The number of aromatic nitrogens is 1. The molecule has 30 heavy (non-hydrogen) atoms. The Balaban J connectivity index is 2.54. The molecule has 2 rings (SSSR count). The molecule has 2 unspecified atom stereocenters. The number of aliphatic hydroxyl groups excluding tert-OH is 1. The van der Waals surface area contributed by atoms with Gasteiger partial charge in [-0.15, -0.1) is 0 Å². The first-order valence-corrected chi connectivity index (χ1v) is 9.72. The van der Waals surface area contributed by atoms with Crippen molar-refractivity contribution in [3.05, 3.63) is 59.2 Å². The van der Waals surface area contributed by atoms with E-state index in [4.69, 9.17) is 5.11 Å². The Bertz CT molecular complexity index is 1030. The van der Waals surface area contributed by atoms with Crippen LogP contribution < -0.4 is 10.0 Å². The zero-order chi connectivity index (χ0) is 22.7. The minimum atomic E-state index is -5.03. The first kappa shape index (κ1) is 23.6. The number of hydrogen-bond donors (Lipinski definition) is 3. The number of hydrogen-bond acceptors (Lipinski definition) is 5. The lowest BCUT2D eigenvalue weighted by molar-refractivity contribution is -0.201. The summed E-state index contributed by atoms with van der Waals surface area (Å²) in [6.07, 6.45) is -9.43. The molecule has 0 spiro atoms. The smallest absolute Gasteiger partial charge is 0.382 e. The van der Waals surface area contributed by atoms with Crippen molar-refractivity contribution in [3.63, 3.8) is 0 Å². The molecule has 0 bridgehead atoms. The van der Waals surface area contributed by atoms with Crippen molar-refractivity contribution in [2.45, 2.75) is 23.3 Å². The summed E-state index contributed by atoms with van der Waals surface area (Å²) in [6, 6.07) is 5.51. The van der Waals surface area contributed by atoms with Crippen LogP contribution in [0.5, 0.6) is 0 Å². The van der Waals surface area contributed by atoms with Gasteiger partial charge in [-0.05, 0) is 19.2 Å². The Morgan fingerprint density at radius 1 is 1.20 bits per heavy atom. The number of alkyl halides is 4. The lowest BCUT2D eigenvalue weighted by Crippen LogP contribution is -2.41. The quantitative estimate of drug-likeness (QED) is 0.555. The van der Waals surface area contributed by atoms with Crippen LogP contribution in [-0.2, 0) is 10.0 Å². The second-order valence-electron chi connectivity index (χ2n) is 5.94. The van der Waals surface area contributed by atoms with Gasteiger partial charge in [-0.2, -0.15) is 13.2 Å². The molecule has 0 saturated heterocycles. The zero-order valence-corrected chi connectivity index (χ0v) is 16.1. The van der Waals surface area contributed by atoms with Gasteiger partial charge in [0.15, 0.2) is 12.3 Å². The highest BCUT2D eigenvalue weighted by Gasteiger charge is 2.39. The molecule has 0 fully saturated rings. The van der Waals surface area contributed by atoms with E-state index >= 15 is 4.39 Å². The normalized spacial score (nSPS) is 14.2. The van der Waals surface area contributed by atoms with Crippen molar-refractivity contribution in [2.75, 3.05) is 13.6 Å². The molecule has 3 N–H and O–H groups in total. The molecule has 0 aliphatic heterocycles. The highest BCUT2D eigenvalue weighted by atomic mass is 32.2. The van der Waals surface area contributed by atoms with E-state index in [2.05, 4.69) is 4.98 Å². The molecule has 1 aromatic heterocycles. The highest BCUT2D eigenvalue weighted by Crippen LogP contribution is 2.33. The number of nitrogens with one attached hydrogen (secondary N) is 2. The molecule has 0 radical (unpaired) electrons. The third kappa shape index (κ3) is 5.09. The van der Waals surface area contributed by atoms with Crippen LogP contribution in [0.25, 0.3) is 0 Å². The molecule has 1 heterocycles. The number of sulfonamides is 1. The fourth-order valence-electron chi connectivity index (χ4n) is 2.45. The molecule has 0 aliphatic rings. The summed E-state index contributed by atoms with van der Waals surface area (Å²) in [4.78, 5) is 14.9.